The second-order valence-corrected chi connectivity index (χ2v) is 26.7. The summed E-state index contributed by atoms with van der Waals surface area (Å²) in [4.78, 5) is 72.4. The van der Waals surface area contributed by atoms with Gasteiger partial charge in [0.25, 0.3) is 0 Å². The molecule has 0 radical (unpaired) electrons. The van der Waals surface area contributed by atoms with E-state index < -0.39 is 101 Å². The molecule has 0 bridgehead atoms. The molecule has 0 fully saturated rings. The van der Waals surface area contributed by atoms with Crippen molar-refractivity contribution in [3.8, 4) is 0 Å². The summed E-state index contributed by atoms with van der Waals surface area (Å²) in [6.45, 7) is 24.8. The van der Waals surface area contributed by atoms with Crippen LogP contribution in [0.3, 0.4) is 0 Å². The average molecular weight is 1330 g/mol. The molecule has 87 heavy (non-hydrogen) atoms. The summed E-state index contributed by atoms with van der Waals surface area (Å²) in [5.74, 6) is -5.23. The molecule has 0 rings (SSSR count). The smallest absolute Gasteiger partial charge is 0.747 e. The van der Waals surface area contributed by atoms with Crippen molar-refractivity contribution in [2.75, 3.05) is 39.6 Å². The third kappa shape index (κ3) is 51.6. The van der Waals surface area contributed by atoms with Crippen molar-refractivity contribution in [3.63, 3.8) is 0 Å². The first-order valence-electron chi connectivity index (χ1n) is 31.4. The van der Waals surface area contributed by atoms with Gasteiger partial charge in [-0.05, 0) is 74.0 Å². The molecule has 0 aliphatic carbocycles. The van der Waals surface area contributed by atoms with Gasteiger partial charge in [0.2, 0.25) is 0 Å². The maximum Gasteiger partial charge on any atom is 1.00 e. The molecule has 0 aromatic rings. The van der Waals surface area contributed by atoms with E-state index in [1.54, 1.807) is 0 Å². The molecule has 0 aliphatic rings. The van der Waals surface area contributed by atoms with Gasteiger partial charge >= 0.3 is 124 Å². The maximum absolute atomic E-state index is 12.1. The molecule has 0 N–H and O–H groups in total. The first-order valence-corrected chi connectivity index (χ1v) is 35.8. The largest absolute Gasteiger partial charge is 1.00 e. The number of unbranched alkanes of at least 4 members (excludes halogenated alkanes) is 6. The van der Waals surface area contributed by atoms with Gasteiger partial charge in [-0.3, -0.25) is 28.8 Å². The number of rotatable bonds is 48. The Morgan fingerprint density at radius 1 is 0.287 bits per heavy atom. The summed E-state index contributed by atoms with van der Waals surface area (Å²) in [7, 11) is -15.0. The summed E-state index contributed by atoms with van der Waals surface area (Å²) in [6, 6.07) is 0. The van der Waals surface area contributed by atoms with Crippen LogP contribution in [0, 0.1) is 35.5 Å². The minimum atomic E-state index is -5.01. The zero-order valence-corrected chi connectivity index (χ0v) is 64.8. The van der Waals surface area contributed by atoms with E-state index in [9.17, 15) is 67.7 Å². The van der Waals surface area contributed by atoms with Crippen LogP contribution in [0.1, 0.15) is 256 Å². The Bertz CT molecular complexity index is 1890. The summed E-state index contributed by atoms with van der Waals surface area (Å²) in [6.07, 6.45) is 19.7. The number of hydrogen-bond donors (Lipinski definition) is 0. The predicted octanol–water partition coefficient (Wildman–Crippen LogP) is 2.44. The summed E-state index contributed by atoms with van der Waals surface area (Å²) < 4.78 is 134. The van der Waals surface area contributed by atoms with Gasteiger partial charge in [0.05, 0.1) is 58.9 Å². The minimum absolute atomic E-state index is 0. The van der Waals surface area contributed by atoms with Gasteiger partial charge in [-0.2, -0.15) is 0 Å². The topological polar surface area (TPSA) is 329 Å². The van der Waals surface area contributed by atoms with Crippen LogP contribution >= 0.6 is 0 Å². The van der Waals surface area contributed by atoms with Gasteiger partial charge in [0, 0.05) is 0 Å². The van der Waals surface area contributed by atoms with E-state index >= 15 is 0 Å². The SMILES string of the molecule is CCCCC(CC)COC(=O)CC(C(=O)OCC(CC)CCCC)S(=O)(=O)[O-].CCCCC(CC)COC(=O)CC(C(=O)OCC(CC)CCCC)S(=O)(=O)[O-].CCCCC(CC)COC(=O)CC(C(=O)OCC(CC)CCCC)S(=O)(=O)[O-].[Na+].[Na+].[Na+]. The van der Waals surface area contributed by atoms with Gasteiger partial charge in [0.1, 0.15) is 30.4 Å². The van der Waals surface area contributed by atoms with Crippen molar-refractivity contribution in [1.29, 1.82) is 0 Å². The van der Waals surface area contributed by atoms with E-state index in [-0.39, 0.29) is 164 Å². The standard InChI is InChI=1S/3C20H38O7S.3Na/c3*1-5-9-11-16(7-3)14-26-19(21)13-18(28(23,24)25)20(22)27-15-17(8-4)12-10-6-2;;;/h3*16-18H,5-15H2,1-4H3,(H,23,24,25);;;/q;;;3*+1/p-3. The fourth-order valence-corrected chi connectivity index (χ4v) is 10.4. The molecule has 0 aromatic heterocycles. The van der Waals surface area contributed by atoms with Gasteiger partial charge in [-0.15, -0.1) is 0 Å². The predicted molar refractivity (Wildman–Crippen MR) is 320 cm³/mol. The zero-order valence-electron chi connectivity index (χ0n) is 56.3. The molecule has 0 aliphatic heterocycles. The normalized spacial score (nSPS) is 14.4. The molecule has 0 heterocycles. The Labute approximate surface area is 592 Å². The molecule has 9 unspecified atom stereocenters. The molecular weight excluding hydrogens is 1220 g/mol. The van der Waals surface area contributed by atoms with E-state index in [2.05, 4.69) is 41.5 Å². The van der Waals surface area contributed by atoms with Crippen molar-refractivity contribution < 1.29 is 185 Å². The fraction of sp³-hybridized carbons (Fsp3) is 0.900. The van der Waals surface area contributed by atoms with Crippen molar-refractivity contribution in [1.82, 2.24) is 0 Å². The average Bonchev–Trinajstić information content (AvgIpc) is 3.52. The Hall–Kier alpha value is -0.450. The van der Waals surface area contributed by atoms with Crippen LogP contribution in [0.5, 0.6) is 0 Å². The maximum atomic E-state index is 12.1. The number of hydrogen-bond acceptors (Lipinski definition) is 21. The second-order valence-electron chi connectivity index (χ2n) is 22.0. The summed E-state index contributed by atoms with van der Waals surface area (Å²) >= 11 is 0. The molecule has 9 atom stereocenters. The van der Waals surface area contributed by atoms with Crippen LogP contribution in [-0.4, -0.2) is 130 Å². The molecular formula is C60H111Na3O21S3. The van der Waals surface area contributed by atoms with Crippen molar-refractivity contribution in [2.24, 2.45) is 35.5 Å². The van der Waals surface area contributed by atoms with Crippen molar-refractivity contribution in [3.05, 3.63) is 0 Å². The first-order chi connectivity index (χ1) is 39.6. The summed E-state index contributed by atoms with van der Waals surface area (Å²) in [5.41, 5.74) is 0. The van der Waals surface area contributed by atoms with Crippen LogP contribution in [-0.2, 0) is 87.5 Å². The first kappa shape index (κ1) is 97.6. The number of carbonyl (C=O) groups is 6. The Kier molecular flexibility index (Phi) is 66.5. The van der Waals surface area contributed by atoms with E-state index in [1.807, 2.05) is 41.5 Å². The Morgan fingerprint density at radius 2 is 0.437 bits per heavy atom. The van der Waals surface area contributed by atoms with Crippen molar-refractivity contribution in [2.45, 2.75) is 272 Å². The summed E-state index contributed by atoms with van der Waals surface area (Å²) in [5, 5.41) is -6.17. The van der Waals surface area contributed by atoms with E-state index in [4.69, 9.17) is 28.4 Å². The van der Waals surface area contributed by atoms with Gasteiger partial charge < -0.3 is 42.1 Å². The molecule has 0 amide bonds. The Balaban J connectivity index is -0.000000278. The van der Waals surface area contributed by atoms with E-state index in [0.29, 0.717) is 0 Å². The zero-order chi connectivity index (χ0) is 64.7. The molecule has 498 valence electrons. The van der Waals surface area contributed by atoms with Gasteiger partial charge in [-0.25, -0.2) is 25.3 Å². The monoisotopic (exact) mass is 1330 g/mol. The third-order valence-corrected chi connectivity index (χ3v) is 18.1. The molecule has 0 saturated heterocycles. The van der Waals surface area contributed by atoms with Crippen LogP contribution in [0.4, 0.5) is 0 Å². The van der Waals surface area contributed by atoms with Crippen LogP contribution in [0.25, 0.3) is 0 Å². The fourth-order valence-electron chi connectivity index (χ4n) is 8.44. The molecule has 27 heteroatoms. The van der Waals surface area contributed by atoms with E-state index in [0.717, 1.165) is 154 Å². The quantitative estimate of drug-likeness (QED) is 0.0365. The Morgan fingerprint density at radius 3 is 0.563 bits per heavy atom. The minimum Gasteiger partial charge on any atom is -0.747 e. The number of esters is 6. The molecule has 0 aromatic carbocycles. The van der Waals surface area contributed by atoms with Crippen LogP contribution in [0.2, 0.25) is 0 Å². The second kappa shape index (κ2) is 59.3. The number of carbonyl (C=O) groups excluding carboxylic acids is 6. The van der Waals surface area contributed by atoms with Crippen LogP contribution in [0.15, 0.2) is 0 Å². The number of ether oxygens (including phenoxy) is 6. The molecule has 0 spiro atoms. The van der Waals surface area contributed by atoms with Crippen molar-refractivity contribution >= 4 is 66.2 Å². The van der Waals surface area contributed by atoms with E-state index in [1.165, 1.54) is 0 Å². The van der Waals surface area contributed by atoms with Gasteiger partial charge in [-0.1, -0.05) is 199 Å². The molecule has 0 saturated carbocycles. The van der Waals surface area contributed by atoms with Crippen LogP contribution < -0.4 is 88.7 Å². The molecule has 21 nitrogen and oxygen atoms in total. The van der Waals surface area contributed by atoms with Gasteiger partial charge in [0.15, 0.2) is 15.7 Å². The third-order valence-electron chi connectivity index (χ3n) is 15.0.